The predicted molar refractivity (Wildman–Crippen MR) is 155 cm³/mol. The van der Waals surface area contributed by atoms with Crippen LogP contribution in [0.25, 0.3) is 0 Å². The van der Waals surface area contributed by atoms with E-state index in [-0.39, 0.29) is 75.7 Å². The first-order valence-electron chi connectivity index (χ1n) is 15.9. The van der Waals surface area contributed by atoms with Crippen LogP contribution in [0.3, 0.4) is 0 Å². The van der Waals surface area contributed by atoms with E-state index in [0.717, 1.165) is 32.1 Å². The maximum atomic E-state index is 13.7. The average Bonchev–Trinajstić information content (AvgIpc) is 3.55. The van der Waals surface area contributed by atoms with Crippen LogP contribution in [0.15, 0.2) is 12.2 Å². The number of aliphatic hydroxyl groups is 2. The van der Waals surface area contributed by atoms with E-state index in [0.29, 0.717) is 6.42 Å². The molecular formula is C34H50O8. The maximum Gasteiger partial charge on any atom is 0.303 e. The van der Waals surface area contributed by atoms with Crippen molar-refractivity contribution in [1.82, 2.24) is 0 Å². The SMILES string of the molecule is C=C(C(=O)C(OC(C)=O)C(C)C1C(OC(C)=O)CC2(C)C3CCC4C(C)C(=O)CC(O)C45CC35CCC12C)C(C)CO. The quantitative estimate of drug-likeness (QED) is 0.316. The Bertz CT molecular complexity index is 1190. The number of esters is 2. The van der Waals surface area contributed by atoms with Crippen molar-refractivity contribution in [1.29, 1.82) is 0 Å². The fourth-order valence-corrected chi connectivity index (χ4v) is 11.5. The number of rotatable bonds is 8. The highest BCUT2D eigenvalue weighted by Gasteiger charge is 2.84. The molecule has 0 amide bonds. The molecule has 8 heteroatoms. The van der Waals surface area contributed by atoms with Crippen LogP contribution in [0.1, 0.15) is 93.4 Å². The number of hydrogen-bond donors (Lipinski definition) is 2. The molecule has 0 aromatic rings. The molecule has 5 rings (SSSR count). The van der Waals surface area contributed by atoms with Crippen molar-refractivity contribution in [3.05, 3.63) is 12.2 Å². The Balaban J connectivity index is 1.54. The second-order valence-electron chi connectivity index (χ2n) is 15.2. The molecule has 2 N–H and O–H groups in total. The summed E-state index contributed by atoms with van der Waals surface area (Å²) in [6.45, 7) is 16.6. The number of hydrogen-bond acceptors (Lipinski definition) is 8. The topological polar surface area (TPSA) is 127 Å². The standard InChI is InChI=1S/C34H50O8/c1-17(15-35)18(2)29(40)30(42-22(6)37)20(4)28-25(41-21(5)36)14-32(8)26-10-9-23-19(3)24(38)13-27(39)34(23)16-33(26,34)12-11-31(28,32)7/h17,19-20,23,25-28,30,35,39H,2,9-16H2,1,3-8H3. The number of aliphatic hydroxyl groups excluding tert-OH is 2. The van der Waals surface area contributed by atoms with Crippen LogP contribution in [-0.2, 0) is 28.7 Å². The summed E-state index contributed by atoms with van der Waals surface area (Å²) in [6, 6.07) is 0. The Kier molecular flexibility index (Phi) is 7.66. The second kappa shape index (κ2) is 10.3. The van der Waals surface area contributed by atoms with E-state index in [4.69, 9.17) is 9.47 Å². The monoisotopic (exact) mass is 586 g/mol. The van der Waals surface area contributed by atoms with Gasteiger partial charge >= 0.3 is 11.9 Å². The Morgan fingerprint density at radius 1 is 1.07 bits per heavy atom. The highest BCUT2D eigenvalue weighted by Crippen LogP contribution is 2.88. The lowest BCUT2D eigenvalue weighted by Crippen LogP contribution is -2.58. The van der Waals surface area contributed by atoms with Gasteiger partial charge in [0.05, 0.1) is 6.10 Å². The molecule has 5 fully saturated rings. The minimum Gasteiger partial charge on any atom is -0.462 e. The fourth-order valence-electron chi connectivity index (χ4n) is 11.5. The van der Waals surface area contributed by atoms with Crippen molar-refractivity contribution in [2.45, 2.75) is 112 Å². The van der Waals surface area contributed by atoms with Gasteiger partial charge in [-0.1, -0.05) is 41.2 Å². The van der Waals surface area contributed by atoms with E-state index in [1.807, 2.05) is 13.8 Å². The van der Waals surface area contributed by atoms with E-state index in [9.17, 15) is 29.4 Å². The third-order valence-corrected chi connectivity index (χ3v) is 13.6. The number of ketones is 2. The summed E-state index contributed by atoms with van der Waals surface area (Å²) in [4.78, 5) is 51.2. The minimum atomic E-state index is -1.11. The third-order valence-electron chi connectivity index (χ3n) is 13.6. The van der Waals surface area contributed by atoms with Gasteiger partial charge in [-0.25, -0.2) is 0 Å². The highest BCUT2D eigenvalue weighted by atomic mass is 16.6. The van der Waals surface area contributed by atoms with Crippen molar-refractivity contribution in [3.8, 4) is 0 Å². The van der Waals surface area contributed by atoms with Gasteiger partial charge in [0, 0.05) is 56.0 Å². The first-order chi connectivity index (χ1) is 19.5. The molecule has 234 valence electrons. The molecule has 8 nitrogen and oxygen atoms in total. The molecule has 0 saturated heterocycles. The first kappa shape index (κ1) is 31.4. The number of carbonyl (C=O) groups excluding carboxylic acids is 4. The van der Waals surface area contributed by atoms with Gasteiger partial charge in [-0.3, -0.25) is 19.2 Å². The number of ether oxygens (including phenoxy) is 2. The summed E-state index contributed by atoms with van der Waals surface area (Å²) in [5.41, 5.74) is -0.678. The van der Waals surface area contributed by atoms with Gasteiger partial charge in [0.2, 0.25) is 0 Å². The molecule has 42 heavy (non-hydrogen) atoms. The fraction of sp³-hybridized carbons (Fsp3) is 0.824. The zero-order chi connectivity index (χ0) is 31.2. The highest BCUT2D eigenvalue weighted by molar-refractivity contribution is 5.99. The number of carbonyl (C=O) groups is 4. The van der Waals surface area contributed by atoms with Crippen LogP contribution in [-0.4, -0.2) is 58.6 Å². The lowest BCUT2D eigenvalue weighted by atomic mass is 9.42. The van der Waals surface area contributed by atoms with Crippen molar-refractivity contribution < 1.29 is 38.9 Å². The molecule has 13 unspecified atom stereocenters. The van der Waals surface area contributed by atoms with Crippen molar-refractivity contribution >= 4 is 23.5 Å². The smallest absolute Gasteiger partial charge is 0.303 e. The van der Waals surface area contributed by atoms with E-state index >= 15 is 0 Å². The average molecular weight is 587 g/mol. The van der Waals surface area contributed by atoms with Gasteiger partial charge in [0.25, 0.3) is 0 Å². The summed E-state index contributed by atoms with van der Waals surface area (Å²) >= 11 is 0. The van der Waals surface area contributed by atoms with Crippen LogP contribution in [0, 0.1) is 57.2 Å². The lowest BCUT2D eigenvalue weighted by molar-refractivity contribution is -0.173. The maximum absolute atomic E-state index is 13.7. The van der Waals surface area contributed by atoms with Gasteiger partial charge in [0.15, 0.2) is 11.9 Å². The van der Waals surface area contributed by atoms with Crippen LogP contribution < -0.4 is 0 Å². The van der Waals surface area contributed by atoms with E-state index in [1.54, 1.807) is 6.92 Å². The van der Waals surface area contributed by atoms with Gasteiger partial charge in [0.1, 0.15) is 11.9 Å². The van der Waals surface area contributed by atoms with Crippen LogP contribution in [0.4, 0.5) is 0 Å². The molecule has 0 aromatic heterocycles. The van der Waals surface area contributed by atoms with E-state index in [2.05, 4.69) is 20.4 Å². The molecule has 13 atom stereocenters. The van der Waals surface area contributed by atoms with Gasteiger partial charge in [-0.15, -0.1) is 0 Å². The molecule has 5 saturated carbocycles. The summed E-state index contributed by atoms with van der Waals surface area (Å²) in [7, 11) is 0. The van der Waals surface area contributed by atoms with Gasteiger partial charge < -0.3 is 19.7 Å². The van der Waals surface area contributed by atoms with Gasteiger partial charge in [-0.2, -0.15) is 0 Å². The predicted octanol–water partition coefficient (Wildman–Crippen LogP) is 4.44. The largest absolute Gasteiger partial charge is 0.462 e. The van der Waals surface area contributed by atoms with Crippen LogP contribution in [0.2, 0.25) is 0 Å². The van der Waals surface area contributed by atoms with Crippen molar-refractivity contribution in [2.75, 3.05) is 6.61 Å². The molecule has 0 aliphatic heterocycles. The Morgan fingerprint density at radius 3 is 2.33 bits per heavy atom. The van der Waals surface area contributed by atoms with Gasteiger partial charge in [-0.05, 0) is 72.2 Å². The lowest BCUT2D eigenvalue weighted by Gasteiger charge is -2.62. The molecule has 5 aliphatic rings. The Morgan fingerprint density at radius 2 is 1.74 bits per heavy atom. The summed E-state index contributed by atoms with van der Waals surface area (Å²) in [5.74, 6) is -1.97. The Hall–Kier alpha value is -2.06. The molecular weight excluding hydrogens is 536 g/mol. The molecule has 0 radical (unpaired) electrons. The van der Waals surface area contributed by atoms with Crippen LogP contribution >= 0.6 is 0 Å². The normalized spacial score (nSPS) is 45.7. The zero-order valence-electron chi connectivity index (χ0n) is 26.4. The van der Waals surface area contributed by atoms with E-state index in [1.165, 1.54) is 13.8 Å². The molecule has 5 aliphatic carbocycles. The Labute approximate surface area is 250 Å². The van der Waals surface area contributed by atoms with Crippen molar-refractivity contribution in [3.63, 3.8) is 0 Å². The number of Topliss-reactive ketones (excluding diaryl/α,β-unsaturated/α-hetero) is 2. The van der Waals surface area contributed by atoms with E-state index < -0.39 is 41.9 Å². The third kappa shape index (κ3) is 4.06. The zero-order valence-corrected chi connectivity index (χ0v) is 26.4. The summed E-state index contributed by atoms with van der Waals surface area (Å²) in [6.07, 6.45) is 3.18. The molecule has 2 spiro atoms. The number of fused-ring (bicyclic) bond motifs is 2. The minimum absolute atomic E-state index is 0.0371. The van der Waals surface area contributed by atoms with Crippen molar-refractivity contribution in [2.24, 2.45) is 57.2 Å². The molecule has 0 bridgehead atoms. The summed E-state index contributed by atoms with van der Waals surface area (Å²) < 4.78 is 11.8. The molecule has 0 heterocycles. The van der Waals surface area contributed by atoms with Crippen LogP contribution in [0.5, 0.6) is 0 Å². The molecule has 0 aromatic carbocycles. The summed E-state index contributed by atoms with van der Waals surface area (Å²) in [5, 5.41) is 21.2. The first-order valence-corrected chi connectivity index (χ1v) is 15.9. The second-order valence-corrected chi connectivity index (χ2v) is 15.2.